The Hall–Kier alpha value is -1.55. The van der Waals surface area contributed by atoms with E-state index in [0.29, 0.717) is 16.6 Å². The second kappa shape index (κ2) is 8.34. The third-order valence-electron chi connectivity index (χ3n) is 4.55. The molecule has 4 heteroatoms. The van der Waals surface area contributed by atoms with Gasteiger partial charge in [0, 0.05) is 0 Å². The van der Waals surface area contributed by atoms with Crippen molar-refractivity contribution in [2.75, 3.05) is 7.11 Å². The number of hydrogen-bond acceptors (Lipinski definition) is 3. The minimum Gasteiger partial charge on any atom is -0.540 e. The summed E-state index contributed by atoms with van der Waals surface area (Å²) in [6.45, 7) is 13.6. The standard InChI is InChI=1S/C19H30O3Si/c1-14(2)23(15(3)4,16(5)6)22-18-11-10-17(9-8-12-20)13-19(18)21-7/h8-16H,1-7H3. The average molecular weight is 335 g/mol. The molecule has 0 saturated heterocycles. The molecule has 0 radical (unpaired) electrons. The zero-order valence-electron chi connectivity index (χ0n) is 15.4. The molecule has 0 fully saturated rings. The fourth-order valence-electron chi connectivity index (χ4n) is 3.57. The number of carbonyl (C=O) groups is 1. The predicted molar refractivity (Wildman–Crippen MR) is 99.8 cm³/mol. The van der Waals surface area contributed by atoms with E-state index >= 15 is 0 Å². The fraction of sp³-hybridized carbons (Fsp3) is 0.526. The van der Waals surface area contributed by atoms with Crippen molar-refractivity contribution >= 4 is 20.7 Å². The topological polar surface area (TPSA) is 35.5 Å². The van der Waals surface area contributed by atoms with Crippen LogP contribution in [0, 0.1) is 0 Å². The summed E-state index contributed by atoms with van der Waals surface area (Å²) >= 11 is 0. The van der Waals surface area contributed by atoms with Crippen molar-refractivity contribution in [3.05, 3.63) is 29.8 Å². The van der Waals surface area contributed by atoms with Crippen LogP contribution in [0.5, 0.6) is 11.5 Å². The highest BCUT2D eigenvalue weighted by Gasteiger charge is 2.47. The Kier molecular flexibility index (Phi) is 7.07. The summed E-state index contributed by atoms with van der Waals surface area (Å²) in [4.78, 5) is 10.5. The number of methoxy groups -OCH3 is 1. The monoisotopic (exact) mass is 334 g/mol. The van der Waals surface area contributed by atoms with E-state index in [0.717, 1.165) is 23.3 Å². The summed E-state index contributed by atoms with van der Waals surface area (Å²) < 4.78 is 12.2. The molecule has 1 aromatic rings. The number of rotatable bonds is 8. The first kappa shape index (κ1) is 19.5. The molecule has 1 rings (SSSR count). The molecule has 0 unspecified atom stereocenters. The first-order valence-electron chi connectivity index (χ1n) is 8.28. The first-order chi connectivity index (χ1) is 10.8. The zero-order valence-corrected chi connectivity index (χ0v) is 16.4. The van der Waals surface area contributed by atoms with Gasteiger partial charge in [-0.25, -0.2) is 0 Å². The van der Waals surface area contributed by atoms with Crippen LogP contribution in [-0.4, -0.2) is 21.7 Å². The van der Waals surface area contributed by atoms with Crippen molar-refractivity contribution in [3.63, 3.8) is 0 Å². The molecule has 0 aliphatic rings. The highest BCUT2D eigenvalue weighted by Crippen LogP contribution is 2.44. The molecule has 0 spiro atoms. The van der Waals surface area contributed by atoms with Crippen molar-refractivity contribution in [2.45, 2.75) is 58.2 Å². The lowest BCUT2D eigenvalue weighted by Gasteiger charge is -2.42. The maximum absolute atomic E-state index is 10.5. The van der Waals surface area contributed by atoms with Crippen LogP contribution >= 0.6 is 0 Å². The minimum atomic E-state index is -2.01. The molecule has 0 atom stereocenters. The van der Waals surface area contributed by atoms with Crippen LogP contribution in [0.1, 0.15) is 47.1 Å². The summed E-state index contributed by atoms with van der Waals surface area (Å²) in [5.74, 6) is 1.52. The van der Waals surface area contributed by atoms with E-state index in [-0.39, 0.29) is 0 Å². The lowest BCUT2D eigenvalue weighted by atomic mass is 10.2. The molecule has 1 aromatic carbocycles. The molecular weight excluding hydrogens is 304 g/mol. The lowest BCUT2D eigenvalue weighted by Crippen LogP contribution is -2.50. The van der Waals surface area contributed by atoms with Gasteiger partial charge in [0.15, 0.2) is 5.75 Å². The van der Waals surface area contributed by atoms with Crippen LogP contribution in [0.15, 0.2) is 24.3 Å². The number of carbonyl (C=O) groups excluding carboxylic acids is 1. The van der Waals surface area contributed by atoms with Gasteiger partial charge in [-0.2, -0.15) is 0 Å². The van der Waals surface area contributed by atoms with Gasteiger partial charge < -0.3 is 9.16 Å². The molecule has 3 nitrogen and oxygen atoms in total. The van der Waals surface area contributed by atoms with Gasteiger partial charge in [0.1, 0.15) is 12.0 Å². The van der Waals surface area contributed by atoms with Gasteiger partial charge in [-0.05, 0) is 40.4 Å². The Morgan fingerprint density at radius 1 is 0.957 bits per heavy atom. The van der Waals surface area contributed by atoms with Crippen molar-refractivity contribution < 1.29 is 14.0 Å². The van der Waals surface area contributed by atoms with Gasteiger partial charge in [-0.3, -0.25) is 4.79 Å². The minimum absolute atomic E-state index is 0.502. The van der Waals surface area contributed by atoms with E-state index in [9.17, 15) is 4.79 Å². The van der Waals surface area contributed by atoms with E-state index in [4.69, 9.17) is 9.16 Å². The van der Waals surface area contributed by atoms with E-state index in [2.05, 4.69) is 41.5 Å². The third kappa shape index (κ3) is 4.25. The number of allylic oxidation sites excluding steroid dienone is 1. The Morgan fingerprint density at radius 2 is 1.52 bits per heavy atom. The maximum atomic E-state index is 10.5. The van der Waals surface area contributed by atoms with Crippen LogP contribution < -0.4 is 9.16 Å². The second-order valence-corrected chi connectivity index (χ2v) is 12.2. The van der Waals surface area contributed by atoms with Gasteiger partial charge in [0.05, 0.1) is 7.11 Å². The van der Waals surface area contributed by atoms with Crippen LogP contribution in [0.3, 0.4) is 0 Å². The van der Waals surface area contributed by atoms with Crippen LogP contribution in [-0.2, 0) is 4.79 Å². The summed E-state index contributed by atoms with van der Waals surface area (Å²) in [6.07, 6.45) is 4.01. The quantitative estimate of drug-likeness (QED) is 0.360. The van der Waals surface area contributed by atoms with Gasteiger partial charge in [-0.1, -0.05) is 53.7 Å². The number of ether oxygens (including phenoxy) is 1. The molecule has 23 heavy (non-hydrogen) atoms. The number of benzene rings is 1. The largest absolute Gasteiger partial charge is 0.540 e. The van der Waals surface area contributed by atoms with Crippen molar-refractivity contribution in [1.29, 1.82) is 0 Å². The number of aldehydes is 1. The van der Waals surface area contributed by atoms with Gasteiger partial charge >= 0.3 is 0 Å². The Bertz CT molecular complexity index is 526. The Morgan fingerprint density at radius 3 is 1.96 bits per heavy atom. The number of hydrogen-bond donors (Lipinski definition) is 0. The first-order valence-corrected chi connectivity index (χ1v) is 10.4. The molecule has 0 N–H and O–H groups in total. The smallest absolute Gasteiger partial charge is 0.258 e. The summed E-state index contributed by atoms with van der Waals surface area (Å²) in [7, 11) is -0.361. The molecular formula is C19H30O3Si. The maximum Gasteiger partial charge on any atom is 0.258 e. The normalized spacial score (nSPS) is 12.4. The summed E-state index contributed by atoms with van der Waals surface area (Å²) in [6, 6.07) is 5.83. The van der Waals surface area contributed by atoms with Gasteiger partial charge in [-0.15, -0.1) is 0 Å². The molecule has 0 aromatic heterocycles. The third-order valence-corrected chi connectivity index (χ3v) is 10.5. The molecule has 128 valence electrons. The molecule has 0 heterocycles. The second-order valence-electron chi connectivity index (χ2n) is 6.83. The van der Waals surface area contributed by atoms with Crippen LogP contribution in [0.4, 0.5) is 0 Å². The highest BCUT2D eigenvalue weighted by atomic mass is 28.4. The SMILES string of the molecule is COc1cc(C=CC=O)ccc1O[Si](C(C)C)(C(C)C)C(C)C. The van der Waals surface area contributed by atoms with Crippen molar-refractivity contribution in [2.24, 2.45) is 0 Å². The Balaban J connectivity index is 3.28. The van der Waals surface area contributed by atoms with Crippen molar-refractivity contribution in [3.8, 4) is 11.5 Å². The van der Waals surface area contributed by atoms with Crippen LogP contribution in [0.2, 0.25) is 16.6 Å². The fourth-order valence-corrected chi connectivity index (χ4v) is 8.82. The average Bonchev–Trinajstić information content (AvgIpc) is 2.49. The predicted octanol–water partition coefficient (Wildman–Crippen LogP) is 5.46. The molecule has 0 bridgehead atoms. The lowest BCUT2D eigenvalue weighted by molar-refractivity contribution is -0.104. The van der Waals surface area contributed by atoms with Crippen LogP contribution in [0.25, 0.3) is 6.08 Å². The summed E-state index contributed by atoms with van der Waals surface area (Å²) in [5.41, 5.74) is 2.43. The zero-order chi connectivity index (χ0) is 17.6. The summed E-state index contributed by atoms with van der Waals surface area (Å²) in [5, 5.41) is 0. The van der Waals surface area contributed by atoms with E-state index in [1.165, 1.54) is 6.08 Å². The van der Waals surface area contributed by atoms with E-state index < -0.39 is 8.32 Å². The van der Waals surface area contributed by atoms with Crippen molar-refractivity contribution in [1.82, 2.24) is 0 Å². The molecule has 0 aliphatic heterocycles. The highest BCUT2D eigenvalue weighted by molar-refractivity contribution is 6.78. The van der Waals surface area contributed by atoms with Gasteiger partial charge in [0.2, 0.25) is 0 Å². The Labute approximate surface area is 141 Å². The van der Waals surface area contributed by atoms with Gasteiger partial charge in [0.25, 0.3) is 8.32 Å². The van der Waals surface area contributed by atoms with E-state index in [1.54, 1.807) is 13.2 Å². The molecule has 0 aliphatic carbocycles. The van der Waals surface area contributed by atoms with E-state index in [1.807, 2.05) is 18.2 Å². The molecule has 0 saturated carbocycles. The molecule has 0 amide bonds.